The lowest BCUT2D eigenvalue weighted by Crippen LogP contribution is -2.34. The molecule has 1 unspecified atom stereocenters. The molecule has 0 spiro atoms. The lowest BCUT2D eigenvalue weighted by atomic mass is 10.1. The molecule has 124 valence electrons. The van der Waals surface area contributed by atoms with Crippen molar-refractivity contribution in [2.45, 2.75) is 13.0 Å². The van der Waals surface area contributed by atoms with Gasteiger partial charge in [-0.15, -0.1) is 11.3 Å². The summed E-state index contributed by atoms with van der Waals surface area (Å²) in [5.74, 6) is 0.600. The van der Waals surface area contributed by atoms with Crippen LogP contribution in [0.4, 0.5) is 5.13 Å². The Bertz CT molecular complexity index is 784. The minimum atomic E-state index is -0.354. The Morgan fingerprint density at radius 2 is 2.08 bits per heavy atom. The van der Waals surface area contributed by atoms with E-state index in [1.807, 2.05) is 66.7 Å². The maximum atomic E-state index is 12.8. The largest absolute Gasteiger partial charge is 0.463 e. The average molecular weight is 341 g/mol. The number of aromatic nitrogens is 1. The lowest BCUT2D eigenvalue weighted by Gasteiger charge is -2.25. The first-order valence-corrected chi connectivity index (χ1v) is 8.62. The zero-order valence-corrected chi connectivity index (χ0v) is 14.4. The van der Waals surface area contributed by atoms with E-state index in [0.29, 0.717) is 10.9 Å². The predicted octanol–water partition coefficient (Wildman–Crippen LogP) is 4.03. The van der Waals surface area contributed by atoms with E-state index < -0.39 is 0 Å². The van der Waals surface area contributed by atoms with Crippen LogP contribution >= 0.6 is 11.3 Å². The molecule has 0 saturated carbocycles. The molecule has 0 aliphatic heterocycles. The van der Waals surface area contributed by atoms with Crippen molar-refractivity contribution in [3.8, 4) is 11.5 Å². The van der Waals surface area contributed by atoms with Gasteiger partial charge < -0.3 is 9.73 Å². The summed E-state index contributed by atoms with van der Waals surface area (Å²) in [6, 6.07) is 13.1. The molecule has 0 radical (unpaired) electrons. The summed E-state index contributed by atoms with van der Waals surface area (Å²) in [6.07, 6.45) is 1.61. The van der Waals surface area contributed by atoms with Crippen molar-refractivity contribution in [1.82, 2.24) is 9.88 Å². The van der Waals surface area contributed by atoms with Crippen LogP contribution in [-0.2, 0) is 4.79 Å². The van der Waals surface area contributed by atoms with Gasteiger partial charge in [0.25, 0.3) is 0 Å². The molecule has 0 aliphatic rings. The molecule has 1 atom stereocenters. The number of hydrogen-bond acceptors (Lipinski definition) is 5. The molecule has 1 N–H and O–H groups in total. The Labute approximate surface area is 144 Å². The number of carbonyl (C=O) groups excluding carboxylic acids is 1. The van der Waals surface area contributed by atoms with Gasteiger partial charge in [0.15, 0.2) is 10.9 Å². The quantitative estimate of drug-likeness (QED) is 0.735. The summed E-state index contributed by atoms with van der Waals surface area (Å²) >= 11 is 1.39. The van der Waals surface area contributed by atoms with Crippen molar-refractivity contribution in [3.05, 3.63) is 59.7 Å². The van der Waals surface area contributed by atoms with Gasteiger partial charge in [-0.2, -0.15) is 0 Å². The van der Waals surface area contributed by atoms with Crippen LogP contribution in [0.1, 0.15) is 18.5 Å². The molecule has 0 fully saturated rings. The summed E-state index contributed by atoms with van der Waals surface area (Å²) in [6.45, 7) is 2.80. The third-order valence-electron chi connectivity index (χ3n) is 3.81. The number of nitrogens with zero attached hydrogens (tertiary/aromatic N) is 2. The highest BCUT2D eigenvalue weighted by Crippen LogP contribution is 2.27. The second-order valence-electron chi connectivity index (χ2n) is 5.39. The van der Waals surface area contributed by atoms with E-state index in [1.165, 1.54) is 11.3 Å². The first-order valence-electron chi connectivity index (χ1n) is 7.74. The molecule has 1 amide bonds. The van der Waals surface area contributed by atoms with Crippen LogP contribution in [-0.4, -0.2) is 29.4 Å². The minimum Gasteiger partial charge on any atom is -0.463 e. The summed E-state index contributed by atoms with van der Waals surface area (Å²) in [4.78, 5) is 19.2. The van der Waals surface area contributed by atoms with Gasteiger partial charge in [0.05, 0.1) is 6.26 Å². The highest BCUT2D eigenvalue weighted by molar-refractivity contribution is 7.14. The standard InChI is InChI=1S/C18H19N3O2S/c1-3-21(2)16(13-8-5-4-6-9-13)17(22)20-18-19-14(12-24-18)15-10-7-11-23-15/h4-12,16H,3H2,1-2H3,(H,19,20,22). The number of amides is 1. The van der Waals surface area contributed by atoms with Gasteiger partial charge in [-0.3, -0.25) is 9.69 Å². The third kappa shape index (κ3) is 3.55. The first kappa shape index (κ1) is 16.4. The van der Waals surface area contributed by atoms with Crippen molar-refractivity contribution in [1.29, 1.82) is 0 Å². The summed E-state index contributed by atoms with van der Waals surface area (Å²) < 4.78 is 5.33. The maximum absolute atomic E-state index is 12.8. The third-order valence-corrected chi connectivity index (χ3v) is 4.57. The van der Waals surface area contributed by atoms with Crippen LogP contribution in [0.15, 0.2) is 58.5 Å². The van der Waals surface area contributed by atoms with Gasteiger partial charge in [-0.05, 0) is 31.3 Å². The molecule has 2 heterocycles. The van der Waals surface area contributed by atoms with Crippen molar-refractivity contribution in [2.24, 2.45) is 0 Å². The molecular weight excluding hydrogens is 322 g/mol. The number of rotatable bonds is 6. The normalized spacial score (nSPS) is 12.3. The Hall–Kier alpha value is -2.44. The van der Waals surface area contributed by atoms with Gasteiger partial charge in [-0.25, -0.2) is 4.98 Å². The van der Waals surface area contributed by atoms with E-state index in [-0.39, 0.29) is 11.9 Å². The van der Waals surface area contributed by atoms with Crippen LogP contribution < -0.4 is 5.32 Å². The van der Waals surface area contributed by atoms with Crippen molar-refractivity contribution >= 4 is 22.4 Å². The number of furan rings is 1. The molecule has 0 bridgehead atoms. The highest BCUT2D eigenvalue weighted by Gasteiger charge is 2.25. The van der Waals surface area contributed by atoms with Gasteiger partial charge in [0.2, 0.25) is 5.91 Å². The number of nitrogens with one attached hydrogen (secondary N) is 1. The van der Waals surface area contributed by atoms with Gasteiger partial charge in [-0.1, -0.05) is 37.3 Å². The van der Waals surface area contributed by atoms with Crippen LogP contribution in [0.2, 0.25) is 0 Å². The molecule has 2 aromatic heterocycles. The summed E-state index contributed by atoms with van der Waals surface area (Å²) in [5.41, 5.74) is 1.68. The van der Waals surface area contributed by atoms with Crippen LogP contribution in [0.3, 0.4) is 0 Å². The Morgan fingerprint density at radius 3 is 2.75 bits per heavy atom. The van der Waals surface area contributed by atoms with Gasteiger partial charge in [0.1, 0.15) is 11.7 Å². The topological polar surface area (TPSA) is 58.4 Å². The predicted molar refractivity (Wildman–Crippen MR) is 95.9 cm³/mol. The fraction of sp³-hybridized carbons (Fsp3) is 0.222. The zero-order valence-electron chi connectivity index (χ0n) is 13.6. The van der Waals surface area contributed by atoms with Gasteiger partial charge >= 0.3 is 0 Å². The number of carbonyl (C=O) groups is 1. The van der Waals surface area contributed by atoms with Gasteiger partial charge in [0, 0.05) is 5.38 Å². The van der Waals surface area contributed by atoms with E-state index in [4.69, 9.17) is 4.42 Å². The van der Waals surface area contributed by atoms with E-state index >= 15 is 0 Å². The first-order chi connectivity index (χ1) is 11.7. The molecule has 1 aromatic carbocycles. The SMILES string of the molecule is CCN(C)C(C(=O)Nc1nc(-c2ccco2)cs1)c1ccccc1. The number of hydrogen-bond donors (Lipinski definition) is 1. The van der Waals surface area contributed by atoms with Crippen molar-refractivity contribution < 1.29 is 9.21 Å². The maximum Gasteiger partial charge on any atom is 0.248 e. The highest BCUT2D eigenvalue weighted by atomic mass is 32.1. The van der Waals surface area contributed by atoms with Crippen molar-refractivity contribution in [2.75, 3.05) is 18.9 Å². The van der Waals surface area contributed by atoms with Crippen LogP contribution in [0.25, 0.3) is 11.5 Å². The van der Waals surface area contributed by atoms with Crippen LogP contribution in [0.5, 0.6) is 0 Å². The Morgan fingerprint density at radius 1 is 1.29 bits per heavy atom. The molecule has 6 heteroatoms. The summed E-state index contributed by atoms with van der Waals surface area (Å²) in [7, 11) is 1.94. The summed E-state index contributed by atoms with van der Waals surface area (Å²) in [5, 5.41) is 5.36. The van der Waals surface area contributed by atoms with Crippen LogP contribution in [0, 0.1) is 0 Å². The fourth-order valence-electron chi connectivity index (χ4n) is 2.47. The van der Waals surface area contributed by atoms with E-state index in [1.54, 1.807) is 6.26 Å². The Balaban J connectivity index is 1.79. The molecule has 0 saturated heterocycles. The monoisotopic (exact) mass is 341 g/mol. The second-order valence-corrected chi connectivity index (χ2v) is 6.25. The number of likely N-dealkylation sites (N-methyl/N-ethyl adjacent to an activating group) is 1. The molecule has 0 aliphatic carbocycles. The molecular formula is C18H19N3O2S. The van der Waals surface area contributed by atoms with E-state index in [9.17, 15) is 4.79 Å². The lowest BCUT2D eigenvalue weighted by molar-refractivity contribution is -0.121. The molecule has 3 rings (SSSR count). The average Bonchev–Trinajstić information content (AvgIpc) is 3.27. The number of thiazole rings is 1. The molecule has 3 aromatic rings. The fourth-order valence-corrected chi connectivity index (χ4v) is 3.17. The number of anilines is 1. The van der Waals surface area contributed by atoms with E-state index in [0.717, 1.165) is 17.8 Å². The second kappa shape index (κ2) is 7.42. The Kier molecular flexibility index (Phi) is 5.08. The smallest absolute Gasteiger partial charge is 0.248 e. The molecule has 24 heavy (non-hydrogen) atoms. The molecule has 5 nitrogen and oxygen atoms in total. The zero-order chi connectivity index (χ0) is 16.9. The number of benzene rings is 1. The van der Waals surface area contributed by atoms with E-state index in [2.05, 4.69) is 10.3 Å². The van der Waals surface area contributed by atoms with Crippen molar-refractivity contribution in [3.63, 3.8) is 0 Å². The minimum absolute atomic E-state index is 0.0918.